The summed E-state index contributed by atoms with van der Waals surface area (Å²) in [5.41, 5.74) is 0. The Hall–Kier alpha value is -0.660. The summed E-state index contributed by atoms with van der Waals surface area (Å²) < 4.78 is 32.1. The summed E-state index contributed by atoms with van der Waals surface area (Å²) in [5.74, 6) is -0.132. The molecule has 2 aliphatic heterocycles. The van der Waals surface area contributed by atoms with Crippen LogP contribution >= 0.6 is 0 Å². The van der Waals surface area contributed by atoms with E-state index < -0.39 is 10.0 Å². The second kappa shape index (κ2) is 4.93. The first-order valence-electron chi connectivity index (χ1n) is 7.99. The zero-order valence-electron chi connectivity index (χ0n) is 12.0. The van der Waals surface area contributed by atoms with Gasteiger partial charge < -0.3 is 10.1 Å². The van der Waals surface area contributed by atoms with E-state index in [1.165, 1.54) is 6.42 Å². The lowest BCUT2D eigenvalue weighted by Crippen LogP contribution is -2.49. The second-order valence-corrected chi connectivity index (χ2v) is 9.05. The normalized spacial score (nSPS) is 37.2. The van der Waals surface area contributed by atoms with Gasteiger partial charge >= 0.3 is 0 Å². The van der Waals surface area contributed by atoms with Gasteiger partial charge in [0.05, 0.1) is 23.4 Å². The summed E-state index contributed by atoms with van der Waals surface area (Å²) in [6.07, 6.45) is 5.14. The number of carbonyl (C=O) groups excluding carboxylic acids is 1. The van der Waals surface area contributed by atoms with Gasteiger partial charge in [0.2, 0.25) is 15.9 Å². The number of amides is 1. The molecule has 4 rings (SSSR count). The molecule has 21 heavy (non-hydrogen) atoms. The van der Waals surface area contributed by atoms with Gasteiger partial charge in [-0.3, -0.25) is 4.79 Å². The Morgan fingerprint density at radius 3 is 2.52 bits per heavy atom. The van der Waals surface area contributed by atoms with Crippen molar-refractivity contribution in [2.75, 3.05) is 13.1 Å². The third-order valence-electron chi connectivity index (χ3n) is 5.22. The van der Waals surface area contributed by atoms with Crippen LogP contribution in [0.3, 0.4) is 0 Å². The van der Waals surface area contributed by atoms with Crippen molar-refractivity contribution in [1.82, 2.24) is 9.62 Å². The Labute approximate surface area is 125 Å². The summed E-state index contributed by atoms with van der Waals surface area (Å²) in [7, 11) is -3.16. The molecule has 2 saturated heterocycles. The first-order valence-corrected chi connectivity index (χ1v) is 9.49. The van der Waals surface area contributed by atoms with Crippen LogP contribution in [-0.4, -0.2) is 55.2 Å². The average molecular weight is 314 g/mol. The van der Waals surface area contributed by atoms with Crippen LogP contribution in [0, 0.1) is 5.92 Å². The number of hydrogen-bond acceptors (Lipinski definition) is 4. The number of ether oxygens (including phenoxy) is 1. The molecule has 4 fully saturated rings. The summed E-state index contributed by atoms with van der Waals surface area (Å²) in [6.45, 7) is 0.765. The van der Waals surface area contributed by atoms with Crippen molar-refractivity contribution in [1.29, 1.82) is 0 Å². The van der Waals surface area contributed by atoms with Gasteiger partial charge in [-0.15, -0.1) is 0 Å². The van der Waals surface area contributed by atoms with Crippen LogP contribution in [0.15, 0.2) is 0 Å². The van der Waals surface area contributed by atoms with Crippen molar-refractivity contribution in [2.45, 2.75) is 62.0 Å². The van der Waals surface area contributed by atoms with Crippen molar-refractivity contribution in [3.8, 4) is 0 Å². The minimum atomic E-state index is -3.16. The van der Waals surface area contributed by atoms with E-state index in [4.69, 9.17) is 4.74 Å². The van der Waals surface area contributed by atoms with E-state index in [-0.39, 0.29) is 29.3 Å². The molecule has 0 aromatic carbocycles. The van der Waals surface area contributed by atoms with Crippen molar-refractivity contribution in [3.05, 3.63) is 0 Å². The topological polar surface area (TPSA) is 75.7 Å². The molecule has 2 saturated carbocycles. The molecule has 2 heterocycles. The number of nitrogens with zero attached hydrogens (tertiary/aromatic N) is 1. The summed E-state index contributed by atoms with van der Waals surface area (Å²) in [4.78, 5) is 12.3. The number of morpholine rings is 1. The first kappa shape index (κ1) is 14.0. The highest BCUT2D eigenvalue weighted by Crippen LogP contribution is 2.37. The standard InChI is InChI=1S/C14H22N2O4S/c17-14(15-9-2-1-3-9)12-6-10-7-16(8-13(12)20-10)21(18,19)11-4-5-11/h9-13H,1-8H2,(H,15,17)/t10-,12+,13-/m0/s1. The first-order chi connectivity index (χ1) is 10.0. The Balaban J connectivity index is 1.43. The Kier molecular flexibility index (Phi) is 3.28. The highest BCUT2D eigenvalue weighted by atomic mass is 32.2. The van der Waals surface area contributed by atoms with Crippen molar-refractivity contribution in [2.24, 2.45) is 5.92 Å². The lowest BCUT2D eigenvalue weighted by Gasteiger charge is -2.32. The number of carbonyl (C=O) groups is 1. The van der Waals surface area contributed by atoms with Gasteiger partial charge in [-0.05, 0) is 38.5 Å². The largest absolute Gasteiger partial charge is 0.371 e. The molecule has 0 radical (unpaired) electrons. The van der Waals surface area contributed by atoms with E-state index in [2.05, 4.69) is 5.32 Å². The molecule has 3 atom stereocenters. The number of fused-ring (bicyclic) bond motifs is 2. The number of nitrogens with one attached hydrogen (secondary N) is 1. The molecule has 0 aromatic rings. The summed E-state index contributed by atoms with van der Waals surface area (Å²) in [6, 6.07) is 0.323. The Morgan fingerprint density at radius 2 is 1.90 bits per heavy atom. The van der Waals surface area contributed by atoms with Crippen LogP contribution in [0.25, 0.3) is 0 Å². The zero-order chi connectivity index (χ0) is 14.6. The molecule has 118 valence electrons. The van der Waals surface area contributed by atoms with E-state index in [1.807, 2.05) is 0 Å². The predicted octanol–water partition coefficient (Wildman–Crippen LogP) is 0.237. The van der Waals surface area contributed by atoms with Crippen LogP contribution in [0.1, 0.15) is 38.5 Å². The summed E-state index contributed by atoms with van der Waals surface area (Å²) >= 11 is 0. The minimum absolute atomic E-state index is 0.0536. The second-order valence-electron chi connectivity index (χ2n) is 6.84. The SMILES string of the molecule is O=C(NC1CCC1)[C@@H]1C[C@H]2CN(S(=O)(=O)C3CC3)C[C@@H]1O2. The highest BCUT2D eigenvalue weighted by molar-refractivity contribution is 7.90. The molecule has 7 heteroatoms. The van der Waals surface area contributed by atoms with Crippen LogP contribution in [-0.2, 0) is 19.6 Å². The van der Waals surface area contributed by atoms with Crippen LogP contribution in [0.2, 0.25) is 0 Å². The molecule has 1 amide bonds. The number of sulfonamides is 1. The lowest BCUT2D eigenvalue weighted by atomic mass is 9.91. The number of hydrogen-bond donors (Lipinski definition) is 1. The molecular weight excluding hydrogens is 292 g/mol. The lowest BCUT2D eigenvalue weighted by molar-refractivity contribution is -0.128. The molecule has 0 unspecified atom stereocenters. The fourth-order valence-electron chi connectivity index (χ4n) is 3.54. The van der Waals surface area contributed by atoms with Crippen molar-refractivity contribution >= 4 is 15.9 Å². The third-order valence-corrected chi connectivity index (χ3v) is 7.55. The Bertz CT molecular complexity index is 541. The van der Waals surface area contributed by atoms with Crippen molar-refractivity contribution in [3.63, 3.8) is 0 Å². The summed E-state index contributed by atoms with van der Waals surface area (Å²) in [5, 5.41) is 2.89. The smallest absolute Gasteiger partial charge is 0.226 e. The van der Waals surface area contributed by atoms with E-state index in [0.29, 0.717) is 25.6 Å². The van der Waals surface area contributed by atoms with E-state index in [1.54, 1.807) is 4.31 Å². The van der Waals surface area contributed by atoms with Gasteiger partial charge in [-0.2, -0.15) is 4.31 Å². The van der Waals surface area contributed by atoms with Gasteiger partial charge in [0.1, 0.15) is 0 Å². The van der Waals surface area contributed by atoms with Crippen LogP contribution in [0.4, 0.5) is 0 Å². The molecule has 6 nitrogen and oxygen atoms in total. The third kappa shape index (κ3) is 2.49. The predicted molar refractivity (Wildman–Crippen MR) is 76.1 cm³/mol. The van der Waals surface area contributed by atoms with Gasteiger partial charge in [0.25, 0.3) is 0 Å². The Morgan fingerprint density at radius 1 is 1.14 bits per heavy atom. The fourth-order valence-corrected chi connectivity index (χ4v) is 5.43. The van der Waals surface area contributed by atoms with Gasteiger partial charge in [0, 0.05) is 19.1 Å². The van der Waals surface area contributed by atoms with Gasteiger partial charge in [-0.25, -0.2) is 8.42 Å². The van der Waals surface area contributed by atoms with Crippen LogP contribution < -0.4 is 5.32 Å². The molecule has 2 bridgehead atoms. The quantitative estimate of drug-likeness (QED) is 0.806. The van der Waals surface area contributed by atoms with Crippen molar-refractivity contribution < 1.29 is 17.9 Å². The molecule has 0 aromatic heterocycles. The number of rotatable bonds is 4. The maximum Gasteiger partial charge on any atom is 0.226 e. The molecule has 4 aliphatic rings. The fraction of sp³-hybridized carbons (Fsp3) is 0.929. The average Bonchev–Trinajstić information content (AvgIpc) is 3.21. The van der Waals surface area contributed by atoms with E-state index in [0.717, 1.165) is 25.7 Å². The van der Waals surface area contributed by atoms with E-state index in [9.17, 15) is 13.2 Å². The zero-order valence-corrected chi connectivity index (χ0v) is 12.8. The maximum absolute atomic E-state index is 12.3. The molecule has 0 spiro atoms. The maximum atomic E-state index is 12.3. The van der Waals surface area contributed by atoms with Gasteiger partial charge in [-0.1, -0.05) is 0 Å². The van der Waals surface area contributed by atoms with Crippen LogP contribution in [0.5, 0.6) is 0 Å². The monoisotopic (exact) mass is 314 g/mol. The molecule has 2 aliphatic carbocycles. The van der Waals surface area contributed by atoms with E-state index >= 15 is 0 Å². The molecular formula is C14H22N2O4S. The molecule has 1 N–H and O–H groups in total. The highest BCUT2D eigenvalue weighted by Gasteiger charge is 2.50. The van der Waals surface area contributed by atoms with Gasteiger partial charge in [0.15, 0.2) is 0 Å². The minimum Gasteiger partial charge on any atom is -0.371 e.